The Morgan fingerprint density at radius 2 is 2.46 bits per heavy atom. The van der Waals surface area contributed by atoms with Gasteiger partial charge in [-0.2, -0.15) is 0 Å². The van der Waals surface area contributed by atoms with Crippen LogP contribution in [-0.2, 0) is 4.57 Å². The Morgan fingerprint density at radius 3 is 2.92 bits per heavy atom. The van der Waals surface area contributed by atoms with Gasteiger partial charge in [-0.15, -0.1) is 0 Å². The molecule has 0 bridgehead atoms. The van der Waals surface area contributed by atoms with Crippen LogP contribution in [0.3, 0.4) is 0 Å². The first-order valence-corrected chi connectivity index (χ1v) is 6.81. The second-order valence-corrected chi connectivity index (χ2v) is 6.25. The Labute approximate surface area is 79.5 Å². The summed E-state index contributed by atoms with van der Waals surface area (Å²) in [6.07, 6.45) is 5.24. The van der Waals surface area contributed by atoms with E-state index in [2.05, 4.69) is 0 Å². The fourth-order valence-corrected chi connectivity index (χ4v) is 3.45. The van der Waals surface area contributed by atoms with Crippen molar-refractivity contribution in [2.45, 2.75) is 32.2 Å². The summed E-state index contributed by atoms with van der Waals surface area (Å²) in [5, 5.41) is 0. The molecule has 0 saturated carbocycles. The quantitative estimate of drug-likeness (QED) is 0.540. The van der Waals surface area contributed by atoms with E-state index < -0.39 is 7.37 Å². The van der Waals surface area contributed by atoms with Crippen LogP contribution in [-0.4, -0.2) is 23.3 Å². The molecule has 0 aliphatic heterocycles. The molecule has 0 aromatic rings. The number of hydrogen-bond acceptors (Lipinski definition) is 2. The van der Waals surface area contributed by atoms with Crippen molar-refractivity contribution in [1.82, 2.24) is 0 Å². The fourth-order valence-electron chi connectivity index (χ4n) is 1.70. The number of hydrogen-bond donors (Lipinski definition) is 2. The summed E-state index contributed by atoms with van der Waals surface area (Å²) in [6.45, 7) is 1.93. The van der Waals surface area contributed by atoms with Crippen LogP contribution >= 0.6 is 7.37 Å². The molecule has 0 spiro atoms. The van der Waals surface area contributed by atoms with Crippen LogP contribution in [0.15, 0.2) is 11.6 Å². The second-order valence-electron chi connectivity index (χ2n) is 3.79. The van der Waals surface area contributed by atoms with Crippen LogP contribution in [0.1, 0.15) is 26.2 Å². The summed E-state index contributed by atoms with van der Waals surface area (Å²) < 4.78 is 11.6. The molecule has 4 heteroatoms. The monoisotopic (exact) mass is 203 g/mol. The van der Waals surface area contributed by atoms with Gasteiger partial charge in [0.15, 0.2) is 0 Å². The third kappa shape index (κ3) is 3.63. The van der Waals surface area contributed by atoms with Gasteiger partial charge in [-0.3, -0.25) is 4.57 Å². The highest BCUT2D eigenvalue weighted by atomic mass is 31.2. The summed E-state index contributed by atoms with van der Waals surface area (Å²) in [6, 6.07) is 0.177. The van der Waals surface area contributed by atoms with Gasteiger partial charge in [0.25, 0.3) is 0 Å². The van der Waals surface area contributed by atoms with E-state index in [0.717, 1.165) is 24.8 Å². The van der Waals surface area contributed by atoms with Crippen molar-refractivity contribution in [3.63, 3.8) is 0 Å². The standard InChI is InChI=1S/C9H18NO2P/c1-2-5-13(11,12)7-8-3-4-9(10)6-8/h3,9H,2,4-7,10H2,1H3,(H,11,12)/t9-/m0/s1. The first-order chi connectivity index (χ1) is 6.03. The van der Waals surface area contributed by atoms with Gasteiger partial charge in [-0.1, -0.05) is 18.6 Å². The van der Waals surface area contributed by atoms with Crippen molar-refractivity contribution in [2.24, 2.45) is 5.73 Å². The minimum atomic E-state index is -2.89. The first-order valence-electron chi connectivity index (χ1n) is 4.78. The van der Waals surface area contributed by atoms with Crippen molar-refractivity contribution in [3.8, 4) is 0 Å². The van der Waals surface area contributed by atoms with Crippen LogP contribution in [0, 0.1) is 0 Å². The molecule has 0 amide bonds. The Kier molecular flexibility index (Phi) is 3.72. The normalized spacial score (nSPS) is 27.0. The number of rotatable bonds is 4. The zero-order valence-corrected chi connectivity index (χ0v) is 8.96. The summed E-state index contributed by atoms with van der Waals surface area (Å²) in [7, 11) is -2.89. The first kappa shape index (κ1) is 11.0. The van der Waals surface area contributed by atoms with Crippen molar-refractivity contribution >= 4 is 7.37 Å². The van der Waals surface area contributed by atoms with E-state index in [9.17, 15) is 9.46 Å². The number of nitrogens with two attached hydrogens (primary N) is 1. The molecule has 1 unspecified atom stereocenters. The SMILES string of the molecule is CCCP(=O)(O)CC1=CC[C@H](N)C1. The third-order valence-corrected chi connectivity index (χ3v) is 4.30. The van der Waals surface area contributed by atoms with Gasteiger partial charge in [0.05, 0.1) is 0 Å². The molecule has 3 nitrogen and oxygen atoms in total. The lowest BCUT2D eigenvalue weighted by Gasteiger charge is -2.11. The van der Waals surface area contributed by atoms with Crippen LogP contribution in [0.4, 0.5) is 0 Å². The Morgan fingerprint density at radius 1 is 1.77 bits per heavy atom. The Hall–Kier alpha value is -0.110. The minimum absolute atomic E-state index is 0.177. The average Bonchev–Trinajstić information content (AvgIpc) is 2.34. The predicted octanol–water partition coefficient (Wildman–Crippen LogP) is 1.71. The lowest BCUT2D eigenvalue weighted by Crippen LogP contribution is -2.15. The van der Waals surface area contributed by atoms with Gasteiger partial charge in [-0.05, 0) is 19.3 Å². The van der Waals surface area contributed by atoms with E-state index in [4.69, 9.17) is 5.73 Å². The largest absolute Gasteiger partial charge is 0.344 e. The summed E-state index contributed by atoms with van der Waals surface area (Å²) >= 11 is 0. The maximum atomic E-state index is 11.6. The van der Waals surface area contributed by atoms with E-state index in [1.165, 1.54) is 0 Å². The highest BCUT2D eigenvalue weighted by Crippen LogP contribution is 2.44. The topological polar surface area (TPSA) is 63.3 Å². The van der Waals surface area contributed by atoms with Gasteiger partial charge in [0.1, 0.15) is 0 Å². The molecule has 0 heterocycles. The van der Waals surface area contributed by atoms with Gasteiger partial charge in [0, 0.05) is 18.4 Å². The molecule has 76 valence electrons. The zero-order valence-electron chi connectivity index (χ0n) is 8.07. The minimum Gasteiger partial charge on any atom is -0.344 e. The van der Waals surface area contributed by atoms with Crippen LogP contribution in [0.5, 0.6) is 0 Å². The van der Waals surface area contributed by atoms with E-state index in [-0.39, 0.29) is 6.04 Å². The predicted molar refractivity (Wildman–Crippen MR) is 55.1 cm³/mol. The zero-order chi connectivity index (χ0) is 9.90. The second kappa shape index (κ2) is 4.41. The lowest BCUT2D eigenvalue weighted by molar-refractivity contribution is 0.479. The summed E-state index contributed by atoms with van der Waals surface area (Å²) in [5.74, 6) is 0. The highest BCUT2D eigenvalue weighted by Gasteiger charge is 2.22. The molecule has 0 saturated heterocycles. The molecule has 1 aliphatic rings. The van der Waals surface area contributed by atoms with Crippen LogP contribution in [0.2, 0.25) is 0 Å². The maximum Gasteiger partial charge on any atom is 0.204 e. The van der Waals surface area contributed by atoms with Gasteiger partial charge < -0.3 is 10.6 Å². The molecule has 0 aromatic carbocycles. The van der Waals surface area contributed by atoms with Crippen molar-refractivity contribution < 1.29 is 9.46 Å². The van der Waals surface area contributed by atoms with Crippen molar-refractivity contribution in [2.75, 3.05) is 12.3 Å². The molecule has 0 radical (unpaired) electrons. The molecular formula is C9H18NO2P. The van der Waals surface area contributed by atoms with Crippen LogP contribution in [0.25, 0.3) is 0 Å². The fraction of sp³-hybridized carbons (Fsp3) is 0.778. The van der Waals surface area contributed by atoms with E-state index >= 15 is 0 Å². The third-order valence-electron chi connectivity index (χ3n) is 2.26. The highest BCUT2D eigenvalue weighted by molar-refractivity contribution is 7.58. The smallest absolute Gasteiger partial charge is 0.204 e. The molecule has 3 N–H and O–H groups in total. The Balaban J connectivity index is 2.44. The summed E-state index contributed by atoms with van der Waals surface area (Å²) in [4.78, 5) is 9.54. The van der Waals surface area contributed by atoms with Gasteiger partial charge >= 0.3 is 0 Å². The Bertz CT molecular complexity index is 250. The van der Waals surface area contributed by atoms with Gasteiger partial charge in [0.2, 0.25) is 7.37 Å². The van der Waals surface area contributed by atoms with Crippen molar-refractivity contribution in [1.29, 1.82) is 0 Å². The summed E-state index contributed by atoms with van der Waals surface area (Å²) in [5.41, 5.74) is 6.77. The molecule has 13 heavy (non-hydrogen) atoms. The molecule has 1 aliphatic carbocycles. The molecule has 2 atom stereocenters. The average molecular weight is 203 g/mol. The molecule has 0 fully saturated rings. The van der Waals surface area contributed by atoms with Crippen LogP contribution < -0.4 is 5.73 Å². The molecule has 0 aromatic heterocycles. The molecule has 1 rings (SSSR count). The van der Waals surface area contributed by atoms with E-state index in [1.807, 2.05) is 13.0 Å². The van der Waals surface area contributed by atoms with Gasteiger partial charge in [-0.25, -0.2) is 0 Å². The maximum absolute atomic E-state index is 11.6. The van der Waals surface area contributed by atoms with Crippen molar-refractivity contribution in [3.05, 3.63) is 11.6 Å². The van der Waals surface area contributed by atoms with E-state index in [1.54, 1.807) is 0 Å². The van der Waals surface area contributed by atoms with E-state index in [0.29, 0.717) is 12.3 Å². The lowest BCUT2D eigenvalue weighted by atomic mass is 10.2. The molecular weight excluding hydrogens is 185 g/mol.